The smallest absolute Gasteiger partial charge is 0.193 e. The normalized spacial score (nSPS) is 24.6. The minimum atomic E-state index is 0. The van der Waals surface area contributed by atoms with Crippen molar-refractivity contribution in [2.75, 3.05) is 53.1 Å². The monoisotopic (exact) mass is 557 g/mol. The maximum atomic E-state index is 6.19. The van der Waals surface area contributed by atoms with E-state index in [0.717, 1.165) is 84.1 Å². The topological polar surface area (TPSA) is 55.3 Å². The fraction of sp³-hybridized carbons (Fsp3) is 0.720. The minimum absolute atomic E-state index is 0. The molecule has 0 saturated carbocycles. The first-order chi connectivity index (χ1) is 15.3. The number of benzene rings is 1. The molecule has 0 aromatic heterocycles. The molecule has 3 heterocycles. The number of likely N-dealkylation sites (tertiary alicyclic amines) is 1. The summed E-state index contributed by atoms with van der Waals surface area (Å²) in [7, 11) is 1.89. The van der Waals surface area contributed by atoms with Gasteiger partial charge in [-0.2, -0.15) is 0 Å². The number of halogens is 1. The van der Waals surface area contributed by atoms with Crippen LogP contribution >= 0.6 is 24.0 Å². The summed E-state index contributed by atoms with van der Waals surface area (Å²) >= 11 is 0. The van der Waals surface area contributed by atoms with Crippen LogP contribution in [0.3, 0.4) is 0 Å². The first-order valence-electron chi connectivity index (χ1n) is 12.1. The molecule has 3 aliphatic heterocycles. The first kappa shape index (κ1) is 25.7. The standard InChI is InChI=1S/C25H39N3O3.HI/c1-26-24(27-20-25(12-17-29-18-13-25)21-7-3-2-4-8-21)28-14-10-22(11-15-28)31-19-23-9-5-6-16-30-23;/h2-4,7-8,22-23H,5-6,9-20H2,1H3,(H,26,27);1H. The van der Waals surface area contributed by atoms with E-state index in [1.807, 2.05) is 7.05 Å². The van der Waals surface area contributed by atoms with Gasteiger partial charge in [0.15, 0.2) is 5.96 Å². The van der Waals surface area contributed by atoms with Crippen molar-refractivity contribution in [3.05, 3.63) is 35.9 Å². The highest BCUT2D eigenvalue weighted by atomic mass is 127. The summed E-state index contributed by atoms with van der Waals surface area (Å²) in [4.78, 5) is 6.99. The largest absolute Gasteiger partial charge is 0.381 e. The second-order valence-electron chi connectivity index (χ2n) is 9.17. The Kier molecular flexibility index (Phi) is 10.5. The number of rotatable bonds is 6. The third kappa shape index (κ3) is 6.81. The summed E-state index contributed by atoms with van der Waals surface area (Å²) < 4.78 is 17.7. The average molecular weight is 558 g/mol. The third-order valence-corrected chi connectivity index (χ3v) is 7.17. The molecule has 1 N–H and O–H groups in total. The predicted molar refractivity (Wildman–Crippen MR) is 139 cm³/mol. The fourth-order valence-electron chi connectivity index (χ4n) is 5.12. The van der Waals surface area contributed by atoms with Crippen molar-refractivity contribution in [3.63, 3.8) is 0 Å². The highest BCUT2D eigenvalue weighted by Crippen LogP contribution is 2.34. The highest BCUT2D eigenvalue weighted by Gasteiger charge is 2.35. The van der Waals surface area contributed by atoms with Crippen LogP contribution in [0.15, 0.2) is 35.3 Å². The van der Waals surface area contributed by atoms with Crippen LogP contribution < -0.4 is 5.32 Å². The summed E-state index contributed by atoms with van der Waals surface area (Å²) in [6, 6.07) is 10.9. The lowest BCUT2D eigenvalue weighted by Gasteiger charge is -2.40. The van der Waals surface area contributed by atoms with E-state index >= 15 is 0 Å². The molecule has 180 valence electrons. The van der Waals surface area contributed by atoms with Crippen LogP contribution in [-0.4, -0.2) is 76.2 Å². The van der Waals surface area contributed by atoms with Crippen LogP contribution in [0.2, 0.25) is 0 Å². The van der Waals surface area contributed by atoms with E-state index in [-0.39, 0.29) is 29.4 Å². The Bertz CT molecular complexity index is 683. The Morgan fingerprint density at radius 1 is 1.09 bits per heavy atom. The maximum Gasteiger partial charge on any atom is 0.193 e. The van der Waals surface area contributed by atoms with E-state index < -0.39 is 0 Å². The Hall–Kier alpha value is -0.900. The molecule has 0 spiro atoms. The molecule has 1 aromatic carbocycles. The number of ether oxygens (including phenoxy) is 3. The molecule has 7 heteroatoms. The molecule has 1 unspecified atom stereocenters. The van der Waals surface area contributed by atoms with E-state index in [0.29, 0.717) is 12.2 Å². The van der Waals surface area contributed by atoms with Gasteiger partial charge in [-0.3, -0.25) is 4.99 Å². The third-order valence-electron chi connectivity index (χ3n) is 7.17. The van der Waals surface area contributed by atoms with Crippen molar-refractivity contribution in [1.29, 1.82) is 0 Å². The number of hydrogen-bond donors (Lipinski definition) is 1. The number of guanidine groups is 1. The van der Waals surface area contributed by atoms with Crippen molar-refractivity contribution in [3.8, 4) is 0 Å². The van der Waals surface area contributed by atoms with Crippen molar-refractivity contribution < 1.29 is 14.2 Å². The molecule has 3 saturated heterocycles. The zero-order valence-corrected chi connectivity index (χ0v) is 21.8. The fourth-order valence-corrected chi connectivity index (χ4v) is 5.12. The van der Waals surface area contributed by atoms with Crippen LogP contribution in [0.1, 0.15) is 50.5 Å². The predicted octanol–water partition coefficient (Wildman–Crippen LogP) is 3.98. The molecule has 1 atom stereocenters. The van der Waals surface area contributed by atoms with Crippen LogP contribution in [0, 0.1) is 0 Å². The molecule has 0 aliphatic carbocycles. The molecule has 32 heavy (non-hydrogen) atoms. The molecule has 0 amide bonds. The van der Waals surface area contributed by atoms with E-state index in [1.54, 1.807) is 0 Å². The molecular formula is C25H40IN3O3. The van der Waals surface area contributed by atoms with E-state index in [2.05, 4.69) is 45.5 Å². The highest BCUT2D eigenvalue weighted by molar-refractivity contribution is 14.0. The lowest BCUT2D eigenvalue weighted by atomic mass is 9.74. The lowest BCUT2D eigenvalue weighted by Crippen LogP contribution is -2.51. The summed E-state index contributed by atoms with van der Waals surface area (Å²) in [5.41, 5.74) is 1.51. The maximum absolute atomic E-state index is 6.19. The number of piperidine rings is 1. The van der Waals surface area contributed by atoms with Crippen LogP contribution in [0.25, 0.3) is 0 Å². The van der Waals surface area contributed by atoms with Gasteiger partial charge in [-0.15, -0.1) is 24.0 Å². The molecular weight excluding hydrogens is 517 g/mol. The van der Waals surface area contributed by atoms with Gasteiger partial charge in [0.2, 0.25) is 0 Å². The summed E-state index contributed by atoms with van der Waals surface area (Å²) in [5, 5.41) is 3.71. The molecule has 0 bridgehead atoms. The van der Waals surface area contributed by atoms with Crippen LogP contribution in [-0.2, 0) is 19.6 Å². The van der Waals surface area contributed by atoms with Crippen molar-refractivity contribution in [1.82, 2.24) is 10.2 Å². The first-order valence-corrected chi connectivity index (χ1v) is 12.1. The molecule has 0 radical (unpaired) electrons. The van der Waals surface area contributed by atoms with Gasteiger partial charge >= 0.3 is 0 Å². The Morgan fingerprint density at radius 3 is 2.50 bits per heavy atom. The number of nitrogens with zero attached hydrogens (tertiary/aromatic N) is 2. The van der Waals surface area contributed by atoms with E-state index in [4.69, 9.17) is 14.2 Å². The quantitative estimate of drug-likeness (QED) is 0.326. The van der Waals surface area contributed by atoms with Crippen LogP contribution in [0.5, 0.6) is 0 Å². The zero-order chi connectivity index (χ0) is 21.4. The summed E-state index contributed by atoms with van der Waals surface area (Å²) in [5.74, 6) is 1.01. The molecule has 1 aromatic rings. The Morgan fingerprint density at radius 2 is 1.84 bits per heavy atom. The van der Waals surface area contributed by atoms with Gasteiger partial charge in [-0.05, 0) is 50.5 Å². The van der Waals surface area contributed by atoms with Gasteiger partial charge in [0, 0.05) is 51.9 Å². The second-order valence-corrected chi connectivity index (χ2v) is 9.17. The van der Waals surface area contributed by atoms with Gasteiger partial charge < -0.3 is 24.4 Å². The van der Waals surface area contributed by atoms with E-state index in [9.17, 15) is 0 Å². The number of aliphatic imine (C=N–C) groups is 1. The summed E-state index contributed by atoms with van der Waals surface area (Å²) in [6.45, 7) is 6.15. The Labute approximate surface area is 210 Å². The van der Waals surface area contributed by atoms with Crippen molar-refractivity contribution in [2.45, 2.75) is 62.6 Å². The van der Waals surface area contributed by atoms with Gasteiger partial charge in [0.25, 0.3) is 0 Å². The Balaban J connectivity index is 0.00000289. The van der Waals surface area contributed by atoms with Crippen molar-refractivity contribution >= 4 is 29.9 Å². The minimum Gasteiger partial charge on any atom is -0.381 e. The number of hydrogen-bond acceptors (Lipinski definition) is 4. The molecule has 6 nitrogen and oxygen atoms in total. The SMILES string of the molecule is CN=C(NCC1(c2ccccc2)CCOCC1)N1CCC(OCC2CCCCO2)CC1.I. The molecule has 3 fully saturated rings. The average Bonchev–Trinajstić information content (AvgIpc) is 2.85. The van der Waals surface area contributed by atoms with Gasteiger partial charge in [0.05, 0.1) is 18.8 Å². The summed E-state index contributed by atoms with van der Waals surface area (Å²) in [6.07, 6.45) is 8.42. The van der Waals surface area contributed by atoms with Gasteiger partial charge in [0.1, 0.15) is 0 Å². The zero-order valence-electron chi connectivity index (χ0n) is 19.5. The lowest BCUT2D eigenvalue weighted by molar-refractivity contribution is -0.0721. The van der Waals surface area contributed by atoms with Gasteiger partial charge in [-0.1, -0.05) is 30.3 Å². The molecule has 3 aliphatic rings. The van der Waals surface area contributed by atoms with Gasteiger partial charge in [-0.25, -0.2) is 0 Å². The number of nitrogens with one attached hydrogen (secondary N) is 1. The van der Waals surface area contributed by atoms with Crippen molar-refractivity contribution in [2.24, 2.45) is 4.99 Å². The van der Waals surface area contributed by atoms with E-state index in [1.165, 1.54) is 18.4 Å². The second kappa shape index (κ2) is 13.1. The van der Waals surface area contributed by atoms with Crippen LogP contribution in [0.4, 0.5) is 0 Å². The molecule has 4 rings (SSSR count).